The Labute approximate surface area is 804 Å². The molecule has 0 aliphatic carbocycles. The first kappa shape index (κ1) is 134. The molecule has 0 saturated carbocycles. The molecule has 5 unspecified atom stereocenters. The fourth-order valence-electron chi connectivity index (χ4n) is 9.21. The van der Waals surface area contributed by atoms with E-state index in [2.05, 4.69) is 170 Å². The molecule has 62 heteroatoms. The number of amides is 3. The Bertz CT molecular complexity index is 3850. The Morgan fingerprint density at radius 2 is 0.863 bits per heavy atom. The van der Waals surface area contributed by atoms with Gasteiger partial charge in [-0.2, -0.15) is 54.8 Å². The minimum absolute atomic E-state index is 0. The fourth-order valence-corrected chi connectivity index (χ4v) is 11.9. The number of aliphatic hydroxyl groups is 4. The number of nitrogens with one attached hydrogen (secondary N) is 1. The second-order valence-corrected chi connectivity index (χ2v) is 76.7. The van der Waals surface area contributed by atoms with Crippen LogP contribution in [0.2, 0.25) is 0 Å². The first-order valence-corrected chi connectivity index (χ1v) is 59.4. The van der Waals surface area contributed by atoms with Crippen LogP contribution in [0.1, 0.15) is 151 Å². The van der Waals surface area contributed by atoms with Gasteiger partial charge in [0, 0.05) is 96.5 Å². The van der Waals surface area contributed by atoms with Crippen LogP contribution < -0.4 is 11.1 Å². The molecule has 7 N–H and O–H groups in total. The molecule has 3 aliphatic rings. The largest absolute Gasteiger partial charge is 0 e. The number of methoxy groups -OCH3 is 3. The second kappa shape index (κ2) is 61.7. The third kappa shape index (κ3) is 56.1. The van der Waals surface area contributed by atoms with E-state index in [1.165, 1.54) is 25.8 Å². The van der Waals surface area contributed by atoms with Crippen molar-refractivity contribution in [2.24, 2.45) is 5.73 Å². The van der Waals surface area contributed by atoms with E-state index in [4.69, 9.17) is 49.8 Å². The maximum absolute atomic E-state index is 13.3. The molecule has 6 aromatic heterocycles. The summed E-state index contributed by atoms with van der Waals surface area (Å²) in [6.45, 7) is 3.30. The average Bonchev–Trinajstić information content (AvgIpc) is 1.62. The van der Waals surface area contributed by atoms with Crippen molar-refractivity contribution in [3.05, 3.63) is 74.2 Å². The average molecular weight is 2680 g/mol. The van der Waals surface area contributed by atoms with Gasteiger partial charge in [-0.25, -0.2) is 95.6 Å². The maximum Gasteiger partial charge on any atom is 0 e. The van der Waals surface area contributed by atoms with Gasteiger partial charge >= 0.3 is 151 Å². The minimum atomic E-state index is -4.76. The summed E-state index contributed by atoms with van der Waals surface area (Å²) in [7, 11) is 4.91. The van der Waals surface area contributed by atoms with E-state index in [0.29, 0.717) is 45.3 Å². The third-order valence-corrected chi connectivity index (χ3v) is 15.9. The maximum atomic E-state index is 13.3. The molecule has 0 spiro atoms. The summed E-state index contributed by atoms with van der Waals surface area (Å²) in [6.07, 6.45) is -25.9. The molecule has 9 rings (SSSR count). The number of hydrogen-bond donors (Lipinski definition) is 6. The number of aromatic nitrogens is 9. The van der Waals surface area contributed by atoms with Crippen molar-refractivity contribution >= 4 is 190 Å². The summed E-state index contributed by atoms with van der Waals surface area (Å²) >= 11 is 17.3. The Morgan fingerprint density at radius 1 is 0.573 bits per heavy atom. The van der Waals surface area contributed by atoms with Gasteiger partial charge in [-0.3, -0.25) is 19.9 Å². The number of alkyl halides is 22. The molecule has 124 heavy (non-hydrogen) atoms. The molecule has 3 fully saturated rings. The Kier molecular flexibility index (Phi) is 66.5. The molecular formula is C62H94F21I6N14O15S3V3-2. The van der Waals surface area contributed by atoms with Crippen molar-refractivity contribution in [1.29, 1.82) is 0 Å². The van der Waals surface area contributed by atoms with E-state index in [0.717, 1.165) is 78.1 Å². The van der Waals surface area contributed by atoms with Crippen molar-refractivity contribution in [3.8, 4) is 0 Å². The predicted octanol–water partition coefficient (Wildman–Crippen LogP) is 19.3. The number of carbonyl (C=O) groups excluding carboxylic acids is 3. The van der Waals surface area contributed by atoms with Crippen LogP contribution in [-0.2, 0) is 119 Å². The van der Waals surface area contributed by atoms with Crippen LogP contribution in [0.4, 0.5) is 107 Å². The van der Waals surface area contributed by atoms with Crippen molar-refractivity contribution in [3.63, 3.8) is 0 Å². The molecule has 5 atom stereocenters. The van der Waals surface area contributed by atoms with Crippen molar-refractivity contribution in [1.82, 2.24) is 58.9 Å². The fraction of sp³-hybridized carbons (Fsp3) is 0.726. The molecule has 726 valence electrons. The van der Waals surface area contributed by atoms with Gasteiger partial charge < -0.3 is 74.8 Å². The van der Waals surface area contributed by atoms with E-state index in [-0.39, 0.29) is 131 Å². The Balaban J connectivity index is -0.000000334. The quantitative estimate of drug-likeness (QED) is 0.00559. The first-order chi connectivity index (χ1) is 54.3. The van der Waals surface area contributed by atoms with Gasteiger partial charge in [-0.1, -0.05) is 78.4 Å². The first-order valence-electron chi connectivity index (χ1n) is 32.9. The topological polar surface area (TPSA) is 366 Å². The van der Waals surface area contributed by atoms with E-state index in [9.17, 15) is 117 Å². The zero-order valence-electron chi connectivity index (χ0n) is 65.8. The van der Waals surface area contributed by atoms with Crippen molar-refractivity contribution in [2.45, 2.75) is 226 Å². The standard InChI is InChI=1S/2C14H15F5N4O3S.C8H8F3N3O2S.C6H9F2NO2.C5H9F2NO3.C5H11F2NO.C4H8F2O.C2H5I.2CH4.2CH3.5HI.3V/c2*1-13(15,16)3-7-4-22(12(24)26-7)5-8-10(14(17,18)19)20-11-23(8)21-9(27-11)6-25-2;1-16-3-5-13-14-4(2-15)6(8(9,10)11)12-7(14)17-5;1-6(7,8)2-4-3-9-5(10)11-4;1-5(6,7)2-4(9)3-8(10)11;1-5(6,7)2-4(9)3-8;1-4(5,6)2-3-7;1-2-3;;;;;;;;;;;;/h2*7H,3-6H2,1-2H3;15H,2-3H2,1H3;4H,2-3H2,1H3,(H,9,10);4,9H,2-3H2,1H3;4,9H,2-3,8H2,1H3;7H,2-3H2,1H3;2H2,1H3;2*1H4;2*1H3;5*1H;;;/q;;;;;;;;;;2*-1;;;;;;;+2;+3/p-5. The Morgan fingerprint density at radius 3 is 1.08 bits per heavy atom. The van der Waals surface area contributed by atoms with Crippen LogP contribution in [0.25, 0.3) is 14.9 Å². The molecule has 3 saturated heterocycles. The van der Waals surface area contributed by atoms with Gasteiger partial charge in [0.2, 0.25) is 57.0 Å². The van der Waals surface area contributed by atoms with E-state index >= 15 is 0 Å². The van der Waals surface area contributed by atoms with Crippen LogP contribution in [-0.4, -0.2) is 228 Å². The number of cyclic esters (lactones) is 3. The summed E-state index contributed by atoms with van der Waals surface area (Å²) in [6, 6.07) is 0. The zero-order valence-corrected chi connectivity index (χ0v) is 85.4. The number of imidazole rings is 3. The number of nitro groups is 1. The van der Waals surface area contributed by atoms with E-state index in [1.54, 1.807) is 0 Å². The third-order valence-electron chi connectivity index (χ3n) is 13.2. The van der Waals surface area contributed by atoms with Crippen LogP contribution >= 0.6 is 156 Å². The van der Waals surface area contributed by atoms with Crippen molar-refractivity contribution < 1.29 is 193 Å². The number of fused-ring (bicyclic) bond motifs is 3. The van der Waals surface area contributed by atoms with Gasteiger partial charge in [0.25, 0.3) is 0 Å². The number of rotatable bonds is 26. The minimum Gasteiger partial charge on any atom is 0 e. The number of halogens is 27. The monoisotopic (exact) mass is 2680 g/mol. The smallest absolute Gasteiger partial charge is 0 e. The Hall–Kier alpha value is -1.15. The van der Waals surface area contributed by atoms with Crippen LogP contribution in [0.3, 0.4) is 0 Å². The van der Waals surface area contributed by atoms with Gasteiger partial charge in [0.1, 0.15) is 45.1 Å². The number of aliphatic hydroxyl groups excluding tert-OH is 4. The second-order valence-electron chi connectivity index (χ2n) is 24.9. The molecule has 3 amide bonds. The summed E-state index contributed by atoms with van der Waals surface area (Å²) in [4.78, 5) is 55.3. The van der Waals surface area contributed by atoms with Gasteiger partial charge in [-0.05, 0) is 46.0 Å². The van der Waals surface area contributed by atoms with E-state index in [1.807, 2.05) is 0 Å². The number of nitrogens with two attached hydrogens (primary N) is 1. The molecule has 29 nitrogen and oxygen atoms in total. The number of alkyl carbamates (subject to hydrolysis) is 1. The molecular weight excluding hydrogens is 2590 g/mol. The normalized spacial score (nSPS) is 15.6. The molecule has 3 aliphatic heterocycles. The molecule has 0 aromatic carbocycles. The predicted molar refractivity (Wildman–Crippen MR) is 458 cm³/mol. The van der Waals surface area contributed by atoms with Crippen LogP contribution in [0.15, 0.2) is 0 Å². The summed E-state index contributed by atoms with van der Waals surface area (Å²) in [5.74, 6) is -17.4. The van der Waals surface area contributed by atoms with Crippen LogP contribution in [0.5, 0.6) is 0 Å². The number of hydrogen-bond acceptors (Lipinski definition) is 25. The molecule has 6 aromatic rings. The SMILES string of the molecule is C.C.CC(F)(F)CC(O)CN.CC(F)(F)CC(O)C[N+](=O)[O-].CC(F)(F)CC1CNC(=O)O1.CC(F)(F)CCO.CCI.COCc1nn2c(CN3CC(CC(C)(F)F)OC3=O)c(C(F)(F)F)nc2s1.COCc1nn2c(CN3CC(CC(C)(F)F)OC3=O)c(C(F)(F)F)nc2s1.COCc1nn2c(CO)c(C(F)(F)F)nc2s1.[CH3-].[CH3-].[I][V]([I])[I].[I][V][I].[V]. The number of carbonyl (C=O) groups is 3. The number of ether oxygens (including phenoxy) is 6. The van der Waals surface area contributed by atoms with Gasteiger partial charge in [-0.15, -0.1) is 0 Å². The van der Waals surface area contributed by atoms with Crippen molar-refractivity contribution in [2.75, 3.05) is 65.1 Å². The molecule has 0 bridgehead atoms. The van der Waals surface area contributed by atoms with Gasteiger partial charge in [0.05, 0.1) is 76.6 Å². The van der Waals surface area contributed by atoms with E-state index < -0.39 is 196 Å². The molecule has 9 heterocycles. The van der Waals surface area contributed by atoms with Crippen LogP contribution in [0, 0.1) is 25.0 Å². The summed E-state index contributed by atoms with van der Waals surface area (Å²) in [5, 5.41) is 59.4. The molecule has 1 radical (unpaired) electrons. The summed E-state index contributed by atoms with van der Waals surface area (Å²) < 4.78 is 299. The zero-order chi connectivity index (χ0) is 92.5. The summed E-state index contributed by atoms with van der Waals surface area (Å²) in [5.41, 5.74) is 0.361. The number of nitrogens with zero attached hydrogens (tertiary/aromatic N) is 12. The van der Waals surface area contributed by atoms with Gasteiger partial charge in [0.15, 0.2) is 17.1 Å².